The third kappa shape index (κ3) is 2.64. The number of benzene rings is 2. The topological polar surface area (TPSA) is 36.1 Å². The van der Waals surface area contributed by atoms with Gasteiger partial charge >= 0.3 is 0 Å². The minimum atomic E-state index is 0.0181. The summed E-state index contributed by atoms with van der Waals surface area (Å²) in [7, 11) is 3.84. The first kappa shape index (κ1) is 16.3. The van der Waals surface area contributed by atoms with E-state index in [1.54, 1.807) is 12.1 Å². The number of nitrogens with one attached hydrogen (secondary N) is 1. The maximum atomic E-state index is 12.9. The minimum absolute atomic E-state index is 0.0181. The van der Waals surface area contributed by atoms with Crippen LogP contribution in [0.4, 0.5) is 5.69 Å². The Morgan fingerprint density at radius 2 is 1.87 bits per heavy atom. The number of fused-ring (bicyclic) bond motifs is 2. The van der Waals surface area contributed by atoms with Crippen LogP contribution in [-0.2, 0) is 0 Å². The Morgan fingerprint density at radius 1 is 1.17 bits per heavy atom. The predicted octanol–water partition coefficient (Wildman–Crippen LogP) is 5.29. The van der Waals surface area contributed by atoms with Crippen LogP contribution in [0.15, 0.2) is 33.5 Å². The van der Waals surface area contributed by atoms with Crippen LogP contribution in [0.2, 0.25) is 5.02 Å². The van der Waals surface area contributed by atoms with E-state index in [1.807, 2.05) is 31.1 Å². The molecule has 1 aromatic heterocycles. The molecule has 3 aromatic rings. The van der Waals surface area contributed by atoms with Gasteiger partial charge in [-0.2, -0.15) is 0 Å². The van der Waals surface area contributed by atoms with Crippen LogP contribution < -0.4 is 10.3 Å². The number of aromatic nitrogens is 1. The van der Waals surface area contributed by atoms with Gasteiger partial charge in [0.1, 0.15) is 0 Å². The standard InChI is InChI=1S/C18H18BrClN2O/c1-9(2)11-8-15-12(7-13(11)19)18(23)10-5-6-14(20)17(22(3)4)16(10)21-15/h5-9H,1-4H3,(H,21,23). The van der Waals surface area contributed by atoms with Crippen LogP contribution in [-0.4, -0.2) is 19.1 Å². The molecule has 0 aliphatic carbocycles. The molecule has 0 bridgehead atoms. The quantitative estimate of drug-likeness (QED) is 0.601. The van der Waals surface area contributed by atoms with Crippen LogP contribution in [0.3, 0.4) is 0 Å². The van der Waals surface area contributed by atoms with E-state index in [0.29, 0.717) is 21.7 Å². The van der Waals surface area contributed by atoms with E-state index in [-0.39, 0.29) is 5.43 Å². The molecule has 0 spiro atoms. The van der Waals surface area contributed by atoms with Gasteiger partial charge in [-0.3, -0.25) is 4.79 Å². The van der Waals surface area contributed by atoms with E-state index < -0.39 is 0 Å². The first-order valence-electron chi connectivity index (χ1n) is 7.46. The van der Waals surface area contributed by atoms with Crippen molar-refractivity contribution in [3.8, 4) is 0 Å². The highest BCUT2D eigenvalue weighted by atomic mass is 79.9. The number of nitrogens with zero attached hydrogens (tertiary/aromatic N) is 1. The van der Waals surface area contributed by atoms with Crippen molar-refractivity contribution < 1.29 is 0 Å². The highest BCUT2D eigenvalue weighted by molar-refractivity contribution is 9.10. The number of rotatable bonds is 2. The van der Waals surface area contributed by atoms with E-state index in [9.17, 15) is 4.79 Å². The lowest BCUT2D eigenvalue weighted by Crippen LogP contribution is -2.13. The summed E-state index contributed by atoms with van der Waals surface area (Å²) in [6, 6.07) is 7.52. The zero-order valence-corrected chi connectivity index (χ0v) is 15.8. The Balaban J connectivity index is 2.51. The second-order valence-corrected chi connectivity index (χ2v) is 7.50. The van der Waals surface area contributed by atoms with E-state index >= 15 is 0 Å². The lowest BCUT2D eigenvalue weighted by Gasteiger charge is -2.18. The number of hydrogen-bond donors (Lipinski definition) is 1. The molecule has 2 aromatic carbocycles. The highest BCUT2D eigenvalue weighted by Gasteiger charge is 2.15. The summed E-state index contributed by atoms with van der Waals surface area (Å²) in [5.74, 6) is 0.362. The molecule has 0 atom stereocenters. The Bertz CT molecular complexity index is 976. The van der Waals surface area contributed by atoms with Crippen LogP contribution >= 0.6 is 27.5 Å². The second-order valence-electron chi connectivity index (χ2n) is 6.24. The summed E-state index contributed by atoms with van der Waals surface area (Å²) in [4.78, 5) is 18.2. The smallest absolute Gasteiger partial charge is 0.197 e. The van der Waals surface area contributed by atoms with Gasteiger partial charge in [-0.15, -0.1) is 0 Å². The first-order valence-corrected chi connectivity index (χ1v) is 8.63. The molecule has 0 aliphatic heterocycles. The summed E-state index contributed by atoms with van der Waals surface area (Å²) < 4.78 is 0.964. The van der Waals surface area contributed by atoms with Crippen LogP contribution in [0.1, 0.15) is 25.3 Å². The Morgan fingerprint density at radius 3 is 2.48 bits per heavy atom. The number of aromatic amines is 1. The van der Waals surface area contributed by atoms with Gasteiger partial charge in [-0.25, -0.2) is 0 Å². The lowest BCUT2D eigenvalue weighted by atomic mass is 10.0. The third-order valence-electron chi connectivity index (χ3n) is 4.08. The Labute approximate surface area is 148 Å². The molecule has 23 heavy (non-hydrogen) atoms. The van der Waals surface area contributed by atoms with Gasteiger partial charge < -0.3 is 9.88 Å². The SMILES string of the molecule is CC(C)c1cc2[nH]c3c(N(C)C)c(Cl)ccc3c(=O)c2cc1Br. The average Bonchev–Trinajstić information content (AvgIpc) is 2.46. The number of pyridine rings is 1. The maximum absolute atomic E-state index is 12.9. The van der Waals surface area contributed by atoms with Crippen molar-refractivity contribution in [2.24, 2.45) is 0 Å². The zero-order valence-electron chi connectivity index (χ0n) is 13.5. The summed E-state index contributed by atoms with van der Waals surface area (Å²) in [5.41, 5.74) is 3.62. The van der Waals surface area contributed by atoms with Gasteiger partial charge in [0.2, 0.25) is 0 Å². The van der Waals surface area contributed by atoms with Crippen molar-refractivity contribution in [2.45, 2.75) is 19.8 Å². The van der Waals surface area contributed by atoms with Gasteiger partial charge in [0, 0.05) is 29.3 Å². The molecule has 5 heteroatoms. The first-order chi connectivity index (χ1) is 10.8. The monoisotopic (exact) mass is 392 g/mol. The molecule has 0 radical (unpaired) electrons. The van der Waals surface area contributed by atoms with E-state index in [0.717, 1.165) is 21.2 Å². The molecule has 3 nitrogen and oxygen atoms in total. The fourth-order valence-electron chi connectivity index (χ4n) is 2.92. The highest BCUT2D eigenvalue weighted by Crippen LogP contribution is 2.33. The normalized spacial score (nSPS) is 11.6. The summed E-state index contributed by atoms with van der Waals surface area (Å²) in [5, 5.41) is 1.95. The molecule has 1 heterocycles. The Hall–Kier alpha value is -1.52. The summed E-state index contributed by atoms with van der Waals surface area (Å²) >= 11 is 9.92. The van der Waals surface area contributed by atoms with Crippen LogP contribution in [0.25, 0.3) is 21.8 Å². The second kappa shape index (κ2) is 5.84. The molecule has 120 valence electrons. The minimum Gasteiger partial charge on any atom is -0.375 e. The largest absolute Gasteiger partial charge is 0.375 e. The van der Waals surface area contributed by atoms with Gasteiger partial charge in [-0.1, -0.05) is 41.4 Å². The maximum Gasteiger partial charge on any atom is 0.197 e. The molecule has 0 saturated carbocycles. The predicted molar refractivity (Wildman–Crippen MR) is 103 cm³/mol. The molecule has 0 unspecified atom stereocenters. The van der Waals surface area contributed by atoms with Crippen molar-refractivity contribution in [3.63, 3.8) is 0 Å². The molecule has 3 rings (SSSR count). The van der Waals surface area contributed by atoms with E-state index in [4.69, 9.17) is 11.6 Å². The van der Waals surface area contributed by atoms with Crippen molar-refractivity contribution in [1.82, 2.24) is 4.98 Å². The van der Waals surface area contributed by atoms with Gasteiger partial charge in [0.15, 0.2) is 5.43 Å². The van der Waals surface area contributed by atoms with Crippen LogP contribution in [0, 0.1) is 0 Å². The number of anilines is 1. The fourth-order valence-corrected chi connectivity index (χ4v) is 4.05. The molecular formula is C18H18BrClN2O. The summed E-state index contributed by atoms with van der Waals surface area (Å²) in [6.07, 6.45) is 0. The van der Waals surface area contributed by atoms with Crippen molar-refractivity contribution >= 4 is 55.0 Å². The van der Waals surface area contributed by atoms with Crippen molar-refractivity contribution in [3.05, 3.63) is 49.5 Å². The third-order valence-corrected chi connectivity index (χ3v) is 5.08. The van der Waals surface area contributed by atoms with Gasteiger partial charge in [-0.05, 0) is 35.7 Å². The summed E-state index contributed by atoms with van der Waals surface area (Å²) in [6.45, 7) is 4.26. The number of hydrogen-bond acceptors (Lipinski definition) is 2. The number of halogens is 2. The van der Waals surface area contributed by atoms with Gasteiger partial charge in [0.25, 0.3) is 0 Å². The van der Waals surface area contributed by atoms with Crippen LogP contribution in [0.5, 0.6) is 0 Å². The van der Waals surface area contributed by atoms with E-state index in [2.05, 4.69) is 34.8 Å². The van der Waals surface area contributed by atoms with Crippen molar-refractivity contribution in [1.29, 1.82) is 0 Å². The molecular weight excluding hydrogens is 376 g/mol. The van der Waals surface area contributed by atoms with Crippen molar-refractivity contribution in [2.75, 3.05) is 19.0 Å². The molecule has 0 fully saturated rings. The fraction of sp³-hybridized carbons (Fsp3) is 0.278. The average molecular weight is 394 g/mol. The molecule has 0 aliphatic rings. The molecule has 1 N–H and O–H groups in total. The lowest BCUT2D eigenvalue weighted by molar-refractivity contribution is 0.862. The zero-order chi connectivity index (χ0) is 16.9. The molecule has 0 amide bonds. The molecule has 0 saturated heterocycles. The number of H-pyrrole nitrogens is 1. The Kier molecular flexibility index (Phi) is 4.15. The van der Waals surface area contributed by atoms with E-state index in [1.165, 1.54) is 5.56 Å². The van der Waals surface area contributed by atoms with Gasteiger partial charge in [0.05, 0.1) is 21.7 Å².